The number of benzene rings is 1. The molecule has 0 radical (unpaired) electrons. The summed E-state index contributed by atoms with van der Waals surface area (Å²) in [6, 6.07) is 6.83. The lowest BCUT2D eigenvalue weighted by atomic mass is 9.98. The Kier molecular flexibility index (Phi) is 3.85. The normalized spacial score (nSPS) is 12.5. The van der Waals surface area contributed by atoms with Crippen LogP contribution in [0.1, 0.15) is 28.6 Å². The van der Waals surface area contributed by atoms with Gasteiger partial charge >= 0.3 is 0 Å². The van der Waals surface area contributed by atoms with Crippen LogP contribution in [0.3, 0.4) is 0 Å². The minimum Gasteiger partial charge on any atom is -0.320 e. The standard InChI is InChI=1S/C13H13Cl2N3/c1-7-5-10(8(2)18-17-7)13(16)11-6-9(14)3-4-12(11)15/h3-6,13H,16H2,1-2H3. The molecule has 0 amide bonds. The molecule has 0 aliphatic heterocycles. The molecule has 5 heteroatoms. The Morgan fingerprint density at radius 1 is 1.06 bits per heavy atom. The summed E-state index contributed by atoms with van der Waals surface area (Å²) in [6.45, 7) is 3.75. The van der Waals surface area contributed by atoms with Gasteiger partial charge in [0.25, 0.3) is 0 Å². The third-order valence-electron chi connectivity index (χ3n) is 2.77. The van der Waals surface area contributed by atoms with Crippen molar-refractivity contribution in [2.45, 2.75) is 19.9 Å². The first-order chi connectivity index (χ1) is 8.49. The average molecular weight is 282 g/mol. The molecule has 1 aromatic carbocycles. The van der Waals surface area contributed by atoms with E-state index in [1.165, 1.54) is 0 Å². The van der Waals surface area contributed by atoms with E-state index in [1.807, 2.05) is 19.9 Å². The van der Waals surface area contributed by atoms with E-state index >= 15 is 0 Å². The summed E-state index contributed by atoms with van der Waals surface area (Å²) in [6.07, 6.45) is 0. The summed E-state index contributed by atoms with van der Waals surface area (Å²) in [5, 5.41) is 9.27. The van der Waals surface area contributed by atoms with E-state index in [-0.39, 0.29) is 6.04 Å². The third kappa shape index (κ3) is 2.64. The molecular weight excluding hydrogens is 269 g/mol. The summed E-state index contributed by atoms with van der Waals surface area (Å²) >= 11 is 12.1. The van der Waals surface area contributed by atoms with Crippen molar-refractivity contribution in [2.24, 2.45) is 5.73 Å². The number of hydrogen-bond acceptors (Lipinski definition) is 3. The molecule has 0 aliphatic carbocycles. The Hall–Kier alpha value is -1.16. The van der Waals surface area contributed by atoms with Gasteiger partial charge in [0.05, 0.1) is 17.4 Å². The Morgan fingerprint density at radius 2 is 1.78 bits per heavy atom. The molecule has 1 aromatic heterocycles. The summed E-state index contributed by atoms with van der Waals surface area (Å²) in [5.41, 5.74) is 9.56. The van der Waals surface area contributed by atoms with Gasteiger partial charge in [0, 0.05) is 10.0 Å². The van der Waals surface area contributed by atoms with Gasteiger partial charge in [-0.1, -0.05) is 23.2 Å². The average Bonchev–Trinajstić information content (AvgIpc) is 2.34. The highest BCUT2D eigenvalue weighted by molar-refractivity contribution is 6.33. The molecule has 0 fully saturated rings. The van der Waals surface area contributed by atoms with Gasteiger partial charge in [0.15, 0.2) is 0 Å². The molecule has 3 nitrogen and oxygen atoms in total. The van der Waals surface area contributed by atoms with Crippen LogP contribution in [0.15, 0.2) is 24.3 Å². The quantitative estimate of drug-likeness (QED) is 0.917. The molecule has 2 N–H and O–H groups in total. The summed E-state index contributed by atoms with van der Waals surface area (Å²) in [7, 11) is 0. The molecule has 2 aromatic rings. The van der Waals surface area contributed by atoms with E-state index in [4.69, 9.17) is 28.9 Å². The van der Waals surface area contributed by atoms with Crippen LogP contribution in [-0.4, -0.2) is 10.2 Å². The van der Waals surface area contributed by atoms with Crippen molar-refractivity contribution in [2.75, 3.05) is 0 Å². The van der Waals surface area contributed by atoms with Crippen LogP contribution in [0.2, 0.25) is 10.0 Å². The first kappa shape index (κ1) is 13.3. The predicted molar refractivity (Wildman–Crippen MR) is 74.0 cm³/mol. The zero-order valence-corrected chi connectivity index (χ0v) is 11.6. The molecule has 94 valence electrons. The second-order valence-corrected chi connectivity index (χ2v) is 5.01. The zero-order valence-electron chi connectivity index (χ0n) is 10.1. The topological polar surface area (TPSA) is 51.8 Å². The molecule has 0 saturated heterocycles. The minimum absolute atomic E-state index is 0.356. The monoisotopic (exact) mass is 281 g/mol. The molecule has 0 aliphatic rings. The van der Waals surface area contributed by atoms with E-state index in [0.29, 0.717) is 10.0 Å². The van der Waals surface area contributed by atoms with Crippen molar-refractivity contribution in [3.8, 4) is 0 Å². The number of aromatic nitrogens is 2. The summed E-state index contributed by atoms with van der Waals surface area (Å²) in [4.78, 5) is 0. The highest BCUT2D eigenvalue weighted by atomic mass is 35.5. The van der Waals surface area contributed by atoms with Crippen LogP contribution in [0.4, 0.5) is 0 Å². The first-order valence-electron chi connectivity index (χ1n) is 5.50. The van der Waals surface area contributed by atoms with Gasteiger partial charge in [-0.2, -0.15) is 10.2 Å². The lowest BCUT2D eigenvalue weighted by Crippen LogP contribution is -2.15. The van der Waals surface area contributed by atoms with Gasteiger partial charge in [0.2, 0.25) is 0 Å². The Bertz CT molecular complexity index is 533. The van der Waals surface area contributed by atoms with E-state index in [1.54, 1.807) is 18.2 Å². The molecule has 0 spiro atoms. The largest absolute Gasteiger partial charge is 0.320 e. The molecule has 0 bridgehead atoms. The van der Waals surface area contributed by atoms with E-state index in [0.717, 1.165) is 22.5 Å². The van der Waals surface area contributed by atoms with Gasteiger partial charge in [0.1, 0.15) is 0 Å². The van der Waals surface area contributed by atoms with Gasteiger partial charge in [-0.15, -0.1) is 0 Å². The van der Waals surface area contributed by atoms with Crippen LogP contribution >= 0.6 is 23.2 Å². The van der Waals surface area contributed by atoms with Crippen LogP contribution < -0.4 is 5.73 Å². The second kappa shape index (κ2) is 5.22. The number of halogens is 2. The second-order valence-electron chi connectivity index (χ2n) is 4.17. The van der Waals surface area contributed by atoms with E-state index < -0.39 is 0 Å². The van der Waals surface area contributed by atoms with Crippen molar-refractivity contribution in [3.05, 3.63) is 56.8 Å². The van der Waals surface area contributed by atoms with Gasteiger partial charge in [-0.25, -0.2) is 0 Å². The van der Waals surface area contributed by atoms with Crippen LogP contribution in [0, 0.1) is 13.8 Å². The Morgan fingerprint density at radius 3 is 2.50 bits per heavy atom. The zero-order chi connectivity index (χ0) is 13.3. The molecular formula is C13H13Cl2N3. The molecule has 18 heavy (non-hydrogen) atoms. The highest BCUT2D eigenvalue weighted by Crippen LogP contribution is 2.30. The number of rotatable bonds is 2. The van der Waals surface area contributed by atoms with Gasteiger partial charge in [-0.3, -0.25) is 0 Å². The van der Waals surface area contributed by atoms with E-state index in [2.05, 4.69) is 10.2 Å². The SMILES string of the molecule is Cc1cc(C(N)c2cc(Cl)ccc2Cl)c(C)nn1. The smallest absolute Gasteiger partial charge is 0.0651 e. The number of aryl methyl sites for hydroxylation is 2. The minimum atomic E-state index is -0.356. The third-order valence-corrected chi connectivity index (χ3v) is 3.35. The molecule has 0 saturated carbocycles. The maximum absolute atomic E-state index is 6.24. The molecule has 1 unspecified atom stereocenters. The van der Waals surface area contributed by atoms with E-state index in [9.17, 15) is 0 Å². The maximum atomic E-state index is 6.24. The molecule has 1 atom stereocenters. The van der Waals surface area contributed by atoms with Crippen molar-refractivity contribution in [1.29, 1.82) is 0 Å². The fourth-order valence-corrected chi connectivity index (χ4v) is 2.22. The molecule has 2 rings (SSSR count). The first-order valence-corrected chi connectivity index (χ1v) is 6.26. The highest BCUT2D eigenvalue weighted by Gasteiger charge is 2.16. The molecule has 1 heterocycles. The fraction of sp³-hybridized carbons (Fsp3) is 0.231. The Labute approximate surface area is 116 Å². The van der Waals surface area contributed by atoms with Gasteiger partial charge in [-0.05, 0) is 49.2 Å². The summed E-state index contributed by atoms with van der Waals surface area (Å²) in [5.74, 6) is 0. The number of nitrogens with two attached hydrogens (primary N) is 1. The van der Waals surface area contributed by atoms with Crippen molar-refractivity contribution < 1.29 is 0 Å². The summed E-state index contributed by atoms with van der Waals surface area (Å²) < 4.78 is 0. The van der Waals surface area contributed by atoms with Crippen LogP contribution in [0.5, 0.6) is 0 Å². The fourth-order valence-electron chi connectivity index (χ4n) is 1.81. The Balaban J connectivity index is 2.50. The van der Waals surface area contributed by atoms with Crippen molar-refractivity contribution in [3.63, 3.8) is 0 Å². The van der Waals surface area contributed by atoms with Crippen LogP contribution in [0.25, 0.3) is 0 Å². The predicted octanol–water partition coefficient (Wildman–Crippen LogP) is 3.45. The number of nitrogens with zero attached hydrogens (tertiary/aromatic N) is 2. The van der Waals surface area contributed by atoms with Crippen LogP contribution in [-0.2, 0) is 0 Å². The maximum Gasteiger partial charge on any atom is 0.0651 e. The van der Waals surface area contributed by atoms with Crippen molar-refractivity contribution >= 4 is 23.2 Å². The lowest BCUT2D eigenvalue weighted by Gasteiger charge is -2.16. The van der Waals surface area contributed by atoms with Crippen molar-refractivity contribution in [1.82, 2.24) is 10.2 Å². The lowest BCUT2D eigenvalue weighted by molar-refractivity contribution is 0.813. The van der Waals surface area contributed by atoms with Gasteiger partial charge < -0.3 is 5.73 Å². The number of hydrogen-bond donors (Lipinski definition) is 1.